The number of aromatic hydroxyl groups is 1. The van der Waals surface area contributed by atoms with Crippen molar-refractivity contribution >= 4 is 17.9 Å². The number of nitrogens with zero attached hydrogens (tertiary/aromatic N) is 2. The van der Waals surface area contributed by atoms with Crippen LogP contribution in [0.4, 0.5) is 10.5 Å². The predicted octanol–water partition coefficient (Wildman–Crippen LogP) is 2.81. The summed E-state index contributed by atoms with van der Waals surface area (Å²) in [7, 11) is 0. The van der Waals surface area contributed by atoms with Crippen molar-refractivity contribution in [3.63, 3.8) is 0 Å². The Hall–Kier alpha value is -3.94. The van der Waals surface area contributed by atoms with E-state index in [0.29, 0.717) is 11.4 Å². The lowest BCUT2D eigenvalue weighted by molar-refractivity contribution is 0.259. The van der Waals surface area contributed by atoms with Crippen molar-refractivity contribution in [3.8, 4) is 11.6 Å². The molecule has 0 fully saturated rings. The summed E-state index contributed by atoms with van der Waals surface area (Å²) in [6.07, 6.45) is 0.928. The quantitative estimate of drug-likeness (QED) is 0.594. The number of carbonyl (C=O) groups is 1. The van der Waals surface area contributed by atoms with Gasteiger partial charge in [-0.15, -0.1) is 0 Å². The fourth-order valence-corrected chi connectivity index (χ4v) is 2.85. The molecule has 2 aromatic carbocycles. The average molecular weight is 392 g/mol. The summed E-state index contributed by atoms with van der Waals surface area (Å²) in [6.45, 7) is 5.60. The molecule has 1 aromatic heterocycles. The van der Waals surface area contributed by atoms with Crippen molar-refractivity contribution in [2.24, 2.45) is 4.99 Å². The number of hydrogen-bond acceptors (Lipinski definition) is 4. The molecular formula is C21H20N4O4. The van der Waals surface area contributed by atoms with E-state index in [2.05, 4.69) is 15.3 Å². The Morgan fingerprint density at radius 1 is 1.07 bits per heavy atom. The van der Waals surface area contributed by atoms with Crippen LogP contribution in [-0.2, 0) is 0 Å². The van der Waals surface area contributed by atoms with E-state index >= 15 is 0 Å². The lowest BCUT2D eigenvalue weighted by Crippen LogP contribution is -2.31. The number of nitrogens with one attached hydrogen (secondary N) is 2. The Morgan fingerprint density at radius 3 is 2.38 bits per heavy atom. The third-order valence-corrected chi connectivity index (χ3v) is 4.33. The average Bonchev–Trinajstić information content (AvgIpc) is 2.65. The fourth-order valence-electron chi connectivity index (χ4n) is 2.85. The van der Waals surface area contributed by atoms with Crippen LogP contribution < -0.4 is 16.6 Å². The van der Waals surface area contributed by atoms with Gasteiger partial charge in [0.15, 0.2) is 0 Å². The summed E-state index contributed by atoms with van der Waals surface area (Å²) in [5, 5.41) is 13.1. The maximum absolute atomic E-state index is 12.3. The standard InChI is InChI=1S/C21H20N4O4/c1-12-4-7-15(8-5-12)23-20(28)22-11-16-18(26)24-21(29)25(19(16)27)17-9-6-13(2)10-14(17)3/h4-11,27H,1-3H3,(H,23,28)(H,24,26,29). The number of aliphatic imine (C=N–C) groups is 1. The molecule has 2 amide bonds. The topological polar surface area (TPSA) is 117 Å². The number of benzene rings is 2. The van der Waals surface area contributed by atoms with E-state index < -0.39 is 23.2 Å². The van der Waals surface area contributed by atoms with Crippen LogP contribution in [-0.4, -0.2) is 26.9 Å². The maximum atomic E-state index is 12.3. The molecule has 0 aliphatic rings. The molecule has 29 heavy (non-hydrogen) atoms. The normalized spacial score (nSPS) is 11.0. The van der Waals surface area contributed by atoms with Gasteiger partial charge in [-0.2, -0.15) is 0 Å². The minimum atomic E-state index is -0.847. The van der Waals surface area contributed by atoms with E-state index in [0.717, 1.165) is 27.5 Å². The highest BCUT2D eigenvalue weighted by Gasteiger charge is 2.16. The lowest BCUT2D eigenvalue weighted by atomic mass is 10.1. The summed E-state index contributed by atoms with van der Waals surface area (Å²) < 4.78 is 0.968. The smallest absolute Gasteiger partial charge is 0.345 e. The zero-order valence-electron chi connectivity index (χ0n) is 16.2. The molecule has 0 aliphatic heterocycles. The van der Waals surface area contributed by atoms with Crippen LogP contribution in [0.15, 0.2) is 57.0 Å². The molecule has 0 saturated carbocycles. The monoisotopic (exact) mass is 392 g/mol. The van der Waals surface area contributed by atoms with Crippen molar-refractivity contribution < 1.29 is 9.90 Å². The van der Waals surface area contributed by atoms with Gasteiger partial charge in [-0.05, 0) is 44.5 Å². The van der Waals surface area contributed by atoms with E-state index in [4.69, 9.17) is 0 Å². The molecule has 0 aliphatic carbocycles. The zero-order chi connectivity index (χ0) is 21.1. The molecule has 0 spiro atoms. The van der Waals surface area contributed by atoms with Gasteiger partial charge in [0.1, 0.15) is 5.56 Å². The van der Waals surface area contributed by atoms with Crippen LogP contribution >= 0.6 is 0 Å². The van der Waals surface area contributed by atoms with Crippen LogP contribution in [0.5, 0.6) is 5.88 Å². The van der Waals surface area contributed by atoms with E-state index in [1.54, 1.807) is 31.2 Å². The number of aromatic nitrogens is 2. The van der Waals surface area contributed by atoms with E-state index in [9.17, 15) is 19.5 Å². The number of anilines is 1. The van der Waals surface area contributed by atoms with E-state index in [1.807, 2.05) is 32.0 Å². The fraction of sp³-hybridized carbons (Fsp3) is 0.143. The number of H-pyrrole nitrogens is 1. The molecule has 0 radical (unpaired) electrons. The molecule has 0 atom stereocenters. The molecule has 1 heterocycles. The predicted molar refractivity (Wildman–Crippen MR) is 112 cm³/mol. The number of urea groups is 1. The van der Waals surface area contributed by atoms with Gasteiger partial charge in [0.2, 0.25) is 5.88 Å². The van der Waals surface area contributed by atoms with Crippen molar-refractivity contribution in [3.05, 3.63) is 85.6 Å². The number of rotatable bonds is 3. The van der Waals surface area contributed by atoms with Crippen molar-refractivity contribution in [2.45, 2.75) is 20.8 Å². The van der Waals surface area contributed by atoms with Gasteiger partial charge >= 0.3 is 11.7 Å². The molecule has 0 unspecified atom stereocenters. The second-order valence-corrected chi connectivity index (χ2v) is 6.68. The second-order valence-electron chi connectivity index (χ2n) is 6.68. The SMILES string of the molecule is Cc1ccc(NC(=O)N=Cc2c(O)n(-c3ccc(C)cc3C)c(=O)[nH]c2=O)cc1. The van der Waals surface area contributed by atoms with Gasteiger partial charge in [0, 0.05) is 5.69 Å². The summed E-state index contributed by atoms with van der Waals surface area (Å²) >= 11 is 0. The Labute approximate surface area is 166 Å². The molecule has 0 bridgehead atoms. The Morgan fingerprint density at radius 2 is 1.72 bits per heavy atom. The molecule has 8 heteroatoms. The summed E-state index contributed by atoms with van der Waals surface area (Å²) in [5.74, 6) is -0.599. The first-order valence-corrected chi connectivity index (χ1v) is 8.84. The third kappa shape index (κ3) is 4.32. The summed E-state index contributed by atoms with van der Waals surface area (Å²) in [4.78, 5) is 42.3. The van der Waals surface area contributed by atoms with Crippen LogP contribution in [0.25, 0.3) is 5.69 Å². The number of amides is 2. The van der Waals surface area contributed by atoms with Crippen LogP contribution in [0.2, 0.25) is 0 Å². The Bertz CT molecular complexity index is 1220. The minimum absolute atomic E-state index is 0.302. The van der Waals surface area contributed by atoms with Crippen molar-refractivity contribution in [2.75, 3.05) is 5.32 Å². The van der Waals surface area contributed by atoms with Gasteiger partial charge in [0.25, 0.3) is 5.56 Å². The number of aromatic amines is 1. The van der Waals surface area contributed by atoms with Crippen LogP contribution in [0.3, 0.4) is 0 Å². The number of carbonyl (C=O) groups excluding carboxylic acids is 1. The first-order valence-electron chi connectivity index (χ1n) is 8.84. The van der Waals surface area contributed by atoms with Crippen molar-refractivity contribution in [1.82, 2.24) is 9.55 Å². The largest absolute Gasteiger partial charge is 0.493 e. The Kier molecular flexibility index (Phi) is 5.45. The van der Waals surface area contributed by atoms with Crippen LogP contribution in [0, 0.1) is 20.8 Å². The molecule has 148 valence electrons. The maximum Gasteiger partial charge on any atom is 0.345 e. The molecule has 3 aromatic rings. The van der Waals surface area contributed by atoms with Gasteiger partial charge in [-0.25, -0.2) is 19.1 Å². The zero-order valence-corrected chi connectivity index (χ0v) is 16.2. The van der Waals surface area contributed by atoms with Gasteiger partial charge in [0.05, 0.1) is 11.9 Å². The summed E-state index contributed by atoms with van der Waals surface area (Å²) in [5.41, 5.74) is 1.76. The highest BCUT2D eigenvalue weighted by molar-refractivity contribution is 5.98. The van der Waals surface area contributed by atoms with E-state index in [-0.39, 0.29) is 5.56 Å². The second kappa shape index (κ2) is 7.97. The molecule has 3 N–H and O–H groups in total. The lowest BCUT2D eigenvalue weighted by Gasteiger charge is -2.12. The van der Waals surface area contributed by atoms with Gasteiger partial charge in [-0.1, -0.05) is 35.4 Å². The summed E-state index contributed by atoms with van der Waals surface area (Å²) in [6, 6.07) is 11.6. The highest BCUT2D eigenvalue weighted by Crippen LogP contribution is 2.19. The third-order valence-electron chi connectivity index (χ3n) is 4.33. The Balaban J connectivity index is 1.96. The van der Waals surface area contributed by atoms with Crippen LogP contribution in [0.1, 0.15) is 22.3 Å². The first kappa shape index (κ1) is 19.8. The molecular weight excluding hydrogens is 372 g/mol. The molecule has 0 saturated heterocycles. The molecule has 8 nitrogen and oxygen atoms in total. The van der Waals surface area contributed by atoms with Gasteiger partial charge < -0.3 is 10.4 Å². The number of hydrogen-bond donors (Lipinski definition) is 3. The first-order chi connectivity index (χ1) is 13.8. The van der Waals surface area contributed by atoms with Crippen molar-refractivity contribution in [1.29, 1.82) is 0 Å². The van der Waals surface area contributed by atoms with Gasteiger partial charge in [-0.3, -0.25) is 9.78 Å². The van der Waals surface area contributed by atoms with E-state index in [1.165, 1.54) is 0 Å². The minimum Gasteiger partial charge on any atom is -0.493 e. The highest BCUT2D eigenvalue weighted by atomic mass is 16.3. The number of aryl methyl sites for hydroxylation is 3. The molecule has 3 rings (SSSR count).